The summed E-state index contributed by atoms with van der Waals surface area (Å²) in [6, 6.07) is 3.11. The first-order valence-corrected chi connectivity index (χ1v) is 8.72. The highest BCUT2D eigenvalue weighted by atomic mass is 79.9. The normalized spacial score (nSPS) is 12.1. The quantitative estimate of drug-likeness (QED) is 0.697. The molecule has 0 amide bonds. The number of benzene rings is 1. The lowest BCUT2D eigenvalue weighted by atomic mass is 10.3. The van der Waals surface area contributed by atoms with E-state index < -0.39 is 10.0 Å². The van der Waals surface area contributed by atoms with Crippen molar-refractivity contribution in [3.63, 3.8) is 0 Å². The second kappa shape index (κ2) is 7.03. The Labute approximate surface area is 130 Å². The van der Waals surface area contributed by atoms with Crippen molar-refractivity contribution in [1.82, 2.24) is 4.31 Å². The molecule has 0 heterocycles. The van der Waals surface area contributed by atoms with Gasteiger partial charge in [-0.3, -0.25) is 0 Å². The van der Waals surface area contributed by atoms with Crippen molar-refractivity contribution in [1.29, 1.82) is 0 Å². The van der Waals surface area contributed by atoms with E-state index in [-0.39, 0.29) is 18.0 Å². The van der Waals surface area contributed by atoms with E-state index in [4.69, 9.17) is 10.8 Å². The fourth-order valence-corrected chi connectivity index (χ4v) is 5.68. The molecule has 5 nitrogen and oxygen atoms in total. The summed E-state index contributed by atoms with van der Waals surface area (Å²) in [5, 5.41) is 8.84. The van der Waals surface area contributed by atoms with Crippen molar-refractivity contribution in [2.45, 2.75) is 18.2 Å². The van der Waals surface area contributed by atoms with Gasteiger partial charge in [0.05, 0.1) is 0 Å². The molecule has 1 aromatic carbocycles. The molecule has 0 unspecified atom stereocenters. The van der Waals surface area contributed by atoms with Crippen LogP contribution >= 0.6 is 31.9 Å². The van der Waals surface area contributed by atoms with Gasteiger partial charge in [0, 0.05) is 34.3 Å². The first-order chi connectivity index (χ1) is 8.84. The second-order valence-electron chi connectivity index (χ2n) is 3.89. The van der Waals surface area contributed by atoms with Crippen molar-refractivity contribution in [3.8, 4) is 0 Å². The van der Waals surface area contributed by atoms with E-state index in [1.807, 2.05) is 0 Å². The van der Waals surface area contributed by atoms with E-state index in [2.05, 4.69) is 31.9 Å². The lowest BCUT2D eigenvalue weighted by molar-refractivity contribution is 0.271. The van der Waals surface area contributed by atoms with E-state index in [1.165, 1.54) is 4.31 Å². The first kappa shape index (κ1) is 16.9. The molecule has 8 heteroatoms. The minimum atomic E-state index is -3.63. The van der Waals surface area contributed by atoms with Crippen LogP contribution in [0.1, 0.15) is 13.3 Å². The Kier molecular flexibility index (Phi) is 6.25. The minimum Gasteiger partial charge on any atom is -0.399 e. The molecule has 0 fully saturated rings. The number of nitrogen functional groups attached to an aromatic ring is 1. The van der Waals surface area contributed by atoms with Gasteiger partial charge in [0.25, 0.3) is 0 Å². The van der Waals surface area contributed by atoms with Gasteiger partial charge in [-0.2, -0.15) is 4.31 Å². The molecule has 0 saturated carbocycles. The van der Waals surface area contributed by atoms with Gasteiger partial charge in [-0.25, -0.2) is 8.42 Å². The van der Waals surface area contributed by atoms with Crippen LogP contribution in [0.2, 0.25) is 0 Å². The fraction of sp³-hybridized carbons (Fsp3) is 0.455. The predicted octanol–water partition coefficient (Wildman–Crippen LogP) is 2.19. The number of aliphatic hydroxyl groups excluding tert-OH is 1. The molecule has 1 aromatic rings. The van der Waals surface area contributed by atoms with Crippen LogP contribution in [0.4, 0.5) is 5.69 Å². The van der Waals surface area contributed by atoms with Crippen molar-refractivity contribution >= 4 is 47.6 Å². The average molecular weight is 416 g/mol. The van der Waals surface area contributed by atoms with E-state index in [9.17, 15) is 8.42 Å². The summed E-state index contributed by atoms with van der Waals surface area (Å²) < 4.78 is 27.3. The number of nitrogens with two attached hydrogens (primary N) is 1. The van der Waals surface area contributed by atoms with Gasteiger partial charge < -0.3 is 10.8 Å². The van der Waals surface area contributed by atoms with Crippen LogP contribution in [0.3, 0.4) is 0 Å². The van der Waals surface area contributed by atoms with Gasteiger partial charge in [0.2, 0.25) is 10.0 Å². The van der Waals surface area contributed by atoms with Gasteiger partial charge >= 0.3 is 0 Å². The molecule has 1 rings (SSSR count). The Morgan fingerprint density at radius 1 is 1.32 bits per heavy atom. The van der Waals surface area contributed by atoms with E-state index >= 15 is 0 Å². The smallest absolute Gasteiger partial charge is 0.245 e. The summed E-state index contributed by atoms with van der Waals surface area (Å²) in [7, 11) is -3.63. The van der Waals surface area contributed by atoms with Crippen molar-refractivity contribution < 1.29 is 13.5 Å². The lowest BCUT2D eigenvalue weighted by Gasteiger charge is -2.21. The summed E-state index contributed by atoms with van der Waals surface area (Å²) >= 11 is 6.47. The molecule has 0 atom stereocenters. The van der Waals surface area contributed by atoms with Crippen LogP contribution < -0.4 is 5.73 Å². The minimum absolute atomic E-state index is 0.0455. The number of halogens is 2. The molecule has 0 bridgehead atoms. The SMILES string of the molecule is CCN(CCCO)S(=O)(=O)c1c(Br)cc(N)cc1Br. The summed E-state index contributed by atoms with van der Waals surface area (Å²) in [5.74, 6) is 0. The number of rotatable bonds is 6. The Bertz CT molecular complexity index is 526. The lowest BCUT2D eigenvalue weighted by Crippen LogP contribution is -2.32. The highest BCUT2D eigenvalue weighted by Gasteiger charge is 2.27. The third-order valence-electron chi connectivity index (χ3n) is 2.54. The van der Waals surface area contributed by atoms with E-state index in [0.29, 0.717) is 27.6 Å². The summed E-state index contributed by atoms with van der Waals surface area (Å²) in [6.45, 7) is 2.33. The number of anilines is 1. The van der Waals surface area contributed by atoms with E-state index in [1.54, 1.807) is 19.1 Å². The average Bonchev–Trinajstić information content (AvgIpc) is 2.27. The first-order valence-electron chi connectivity index (χ1n) is 5.70. The Morgan fingerprint density at radius 2 is 1.84 bits per heavy atom. The Hall–Kier alpha value is -0.150. The van der Waals surface area contributed by atoms with Gasteiger partial charge in [0.15, 0.2) is 0 Å². The van der Waals surface area contributed by atoms with Crippen molar-refractivity contribution in [2.75, 3.05) is 25.4 Å². The molecule has 19 heavy (non-hydrogen) atoms. The molecular weight excluding hydrogens is 400 g/mol. The third kappa shape index (κ3) is 3.91. The molecular formula is C11H16Br2N2O3S. The van der Waals surface area contributed by atoms with Crippen LogP contribution in [0.5, 0.6) is 0 Å². The largest absolute Gasteiger partial charge is 0.399 e. The van der Waals surface area contributed by atoms with Crippen LogP contribution in [-0.2, 0) is 10.0 Å². The maximum atomic E-state index is 12.6. The zero-order chi connectivity index (χ0) is 14.6. The maximum absolute atomic E-state index is 12.6. The molecule has 0 aliphatic rings. The van der Waals surface area contributed by atoms with Gasteiger partial charge in [-0.1, -0.05) is 6.92 Å². The molecule has 108 valence electrons. The molecule has 0 aromatic heterocycles. The van der Waals surface area contributed by atoms with Crippen LogP contribution in [0, 0.1) is 0 Å². The van der Waals surface area contributed by atoms with E-state index in [0.717, 1.165) is 0 Å². The molecule has 0 aliphatic carbocycles. The van der Waals surface area contributed by atoms with Gasteiger partial charge in [-0.15, -0.1) is 0 Å². The fourth-order valence-electron chi connectivity index (χ4n) is 1.65. The summed E-state index contributed by atoms with van der Waals surface area (Å²) in [4.78, 5) is 0.154. The molecule has 0 radical (unpaired) electrons. The van der Waals surface area contributed by atoms with Crippen molar-refractivity contribution in [2.24, 2.45) is 0 Å². The topological polar surface area (TPSA) is 83.6 Å². The number of hydrogen-bond donors (Lipinski definition) is 2. The number of sulfonamides is 1. The monoisotopic (exact) mass is 414 g/mol. The zero-order valence-corrected chi connectivity index (χ0v) is 14.4. The second-order valence-corrected chi connectivity index (χ2v) is 7.47. The van der Waals surface area contributed by atoms with Gasteiger partial charge in [-0.05, 0) is 50.4 Å². The zero-order valence-electron chi connectivity index (χ0n) is 10.4. The highest BCUT2D eigenvalue weighted by Crippen LogP contribution is 2.34. The van der Waals surface area contributed by atoms with Crippen LogP contribution in [-0.4, -0.2) is 37.5 Å². The summed E-state index contributed by atoms with van der Waals surface area (Å²) in [5.41, 5.74) is 6.13. The van der Waals surface area contributed by atoms with Crippen LogP contribution in [0.15, 0.2) is 26.0 Å². The highest BCUT2D eigenvalue weighted by molar-refractivity contribution is 9.11. The number of nitrogens with zero attached hydrogens (tertiary/aromatic N) is 1. The van der Waals surface area contributed by atoms with Crippen LogP contribution in [0.25, 0.3) is 0 Å². The summed E-state index contributed by atoms with van der Waals surface area (Å²) in [6.07, 6.45) is 0.400. The number of aliphatic hydroxyl groups is 1. The molecule has 0 aliphatic heterocycles. The molecule has 3 N–H and O–H groups in total. The Balaban J connectivity index is 3.26. The predicted molar refractivity (Wildman–Crippen MR) is 82.4 cm³/mol. The standard InChI is InChI=1S/C11H16Br2N2O3S/c1-2-15(4-3-5-16)19(17,18)11-9(12)6-8(14)7-10(11)13/h6-7,16H,2-5,14H2,1H3. The number of hydrogen-bond acceptors (Lipinski definition) is 4. The maximum Gasteiger partial charge on any atom is 0.245 e. The van der Waals surface area contributed by atoms with Crippen molar-refractivity contribution in [3.05, 3.63) is 21.1 Å². The third-order valence-corrected chi connectivity index (χ3v) is 6.39. The Morgan fingerprint density at radius 3 is 2.26 bits per heavy atom. The molecule has 0 saturated heterocycles. The molecule has 0 spiro atoms. The van der Waals surface area contributed by atoms with Gasteiger partial charge in [0.1, 0.15) is 4.90 Å².